The third kappa shape index (κ3) is 3.07. The van der Waals surface area contributed by atoms with Crippen LogP contribution in [0.5, 0.6) is 0 Å². The average molecular weight is 292 g/mol. The molecule has 2 aromatic rings. The molecule has 0 spiro atoms. The van der Waals surface area contributed by atoms with Gasteiger partial charge in [-0.2, -0.15) is 0 Å². The summed E-state index contributed by atoms with van der Waals surface area (Å²) in [6, 6.07) is -0.0719. The molecule has 0 aliphatic carbocycles. The first kappa shape index (κ1) is 14.7. The first-order chi connectivity index (χ1) is 9.38. The summed E-state index contributed by atoms with van der Waals surface area (Å²) in [7, 11) is 0. The summed E-state index contributed by atoms with van der Waals surface area (Å²) < 4.78 is 1.86. The number of aromatic nitrogens is 3. The van der Waals surface area contributed by atoms with Crippen molar-refractivity contribution in [3.8, 4) is 0 Å². The third-order valence-corrected chi connectivity index (χ3v) is 4.29. The Kier molecular flexibility index (Phi) is 4.23. The molecule has 5 nitrogen and oxygen atoms in total. The van der Waals surface area contributed by atoms with Crippen LogP contribution >= 0.6 is 11.3 Å². The molecule has 1 N–H and O–H groups in total. The van der Waals surface area contributed by atoms with E-state index in [0.29, 0.717) is 6.54 Å². The van der Waals surface area contributed by atoms with Crippen molar-refractivity contribution >= 4 is 17.2 Å². The van der Waals surface area contributed by atoms with Gasteiger partial charge in [0.25, 0.3) is 0 Å². The van der Waals surface area contributed by atoms with Gasteiger partial charge in [-0.3, -0.25) is 4.79 Å². The Labute approximate surface area is 123 Å². The molecule has 1 atom stereocenters. The average Bonchev–Trinajstić information content (AvgIpc) is 2.85. The largest absolute Gasteiger partial charge is 0.346 e. The van der Waals surface area contributed by atoms with Crippen LogP contribution in [0, 0.1) is 27.7 Å². The Bertz CT molecular complexity index is 629. The van der Waals surface area contributed by atoms with Gasteiger partial charge >= 0.3 is 0 Å². The van der Waals surface area contributed by atoms with E-state index in [0.717, 1.165) is 27.0 Å². The van der Waals surface area contributed by atoms with Crippen LogP contribution in [0.2, 0.25) is 0 Å². The summed E-state index contributed by atoms with van der Waals surface area (Å²) in [5, 5.41) is 4.02. The Hall–Kier alpha value is -1.69. The van der Waals surface area contributed by atoms with Crippen molar-refractivity contribution in [1.29, 1.82) is 0 Å². The van der Waals surface area contributed by atoms with Crippen molar-refractivity contribution in [2.45, 2.75) is 47.2 Å². The fraction of sp³-hybridized carbons (Fsp3) is 0.500. The summed E-state index contributed by atoms with van der Waals surface area (Å²) in [5.41, 5.74) is 2.93. The first-order valence-corrected chi connectivity index (χ1v) is 7.41. The molecule has 20 heavy (non-hydrogen) atoms. The minimum Gasteiger partial charge on any atom is -0.346 e. The van der Waals surface area contributed by atoms with Gasteiger partial charge in [0, 0.05) is 10.6 Å². The van der Waals surface area contributed by atoms with Crippen LogP contribution in [-0.4, -0.2) is 20.4 Å². The van der Waals surface area contributed by atoms with Gasteiger partial charge < -0.3 is 9.88 Å². The molecule has 0 bridgehead atoms. The van der Waals surface area contributed by atoms with Crippen molar-refractivity contribution in [1.82, 2.24) is 19.9 Å². The minimum atomic E-state index is -0.0719. The van der Waals surface area contributed by atoms with Gasteiger partial charge in [0.05, 0.1) is 28.8 Å². The fourth-order valence-corrected chi connectivity index (χ4v) is 3.07. The van der Waals surface area contributed by atoms with Crippen LogP contribution in [0.4, 0.5) is 0 Å². The minimum absolute atomic E-state index is 0.0250. The van der Waals surface area contributed by atoms with E-state index < -0.39 is 0 Å². The number of aryl methyl sites for hydroxylation is 3. The standard InChI is InChI=1S/C14H20N4OS/c1-8-10(3)18(7-15-8)6-13(19)16-9(2)14-11(4)20-12(5)17-14/h7,9H,6H2,1-5H3,(H,16,19)/t9-/m0/s1. The molecule has 6 heteroatoms. The highest BCUT2D eigenvalue weighted by Crippen LogP contribution is 2.22. The lowest BCUT2D eigenvalue weighted by Crippen LogP contribution is -2.30. The van der Waals surface area contributed by atoms with Crippen LogP contribution < -0.4 is 5.32 Å². The number of hydrogen-bond acceptors (Lipinski definition) is 4. The van der Waals surface area contributed by atoms with Crippen molar-refractivity contribution in [2.75, 3.05) is 0 Å². The highest BCUT2D eigenvalue weighted by atomic mass is 32.1. The zero-order valence-corrected chi connectivity index (χ0v) is 13.3. The predicted molar refractivity (Wildman–Crippen MR) is 79.8 cm³/mol. The Morgan fingerprint density at radius 3 is 2.60 bits per heavy atom. The predicted octanol–water partition coefficient (Wildman–Crippen LogP) is 2.45. The molecule has 2 heterocycles. The van der Waals surface area contributed by atoms with Crippen molar-refractivity contribution in [3.63, 3.8) is 0 Å². The Balaban J connectivity index is 2.01. The van der Waals surface area contributed by atoms with Gasteiger partial charge in [-0.15, -0.1) is 11.3 Å². The lowest BCUT2D eigenvalue weighted by molar-refractivity contribution is -0.122. The number of imidazole rings is 1. The molecule has 0 saturated carbocycles. The zero-order chi connectivity index (χ0) is 14.9. The third-order valence-electron chi connectivity index (χ3n) is 3.39. The summed E-state index contributed by atoms with van der Waals surface area (Å²) >= 11 is 1.66. The molecule has 0 aliphatic heterocycles. The van der Waals surface area contributed by atoms with Crippen LogP contribution in [-0.2, 0) is 11.3 Å². The van der Waals surface area contributed by atoms with Crippen molar-refractivity contribution in [2.24, 2.45) is 0 Å². The van der Waals surface area contributed by atoms with E-state index in [4.69, 9.17) is 0 Å². The number of thiazole rings is 1. The van der Waals surface area contributed by atoms with Gasteiger partial charge in [-0.05, 0) is 34.6 Å². The van der Waals surface area contributed by atoms with Crippen molar-refractivity contribution in [3.05, 3.63) is 33.3 Å². The van der Waals surface area contributed by atoms with E-state index in [2.05, 4.69) is 15.3 Å². The lowest BCUT2D eigenvalue weighted by Gasteiger charge is -2.13. The molecule has 0 fully saturated rings. The van der Waals surface area contributed by atoms with E-state index in [-0.39, 0.29) is 11.9 Å². The summed E-state index contributed by atoms with van der Waals surface area (Å²) in [4.78, 5) is 21.9. The fourth-order valence-electron chi connectivity index (χ4n) is 2.16. The van der Waals surface area contributed by atoms with E-state index in [9.17, 15) is 4.79 Å². The zero-order valence-electron chi connectivity index (χ0n) is 12.5. The maximum Gasteiger partial charge on any atom is 0.240 e. The molecule has 0 aliphatic rings. The number of nitrogens with one attached hydrogen (secondary N) is 1. The summed E-state index contributed by atoms with van der Waals surface area (Å²) in [6.45, 7) is 10.2. The van der Waals surface area contributed by atoms with Crippen LogP contribution in [0.1, 0.15) is 39.9 Å². The topological polar surface area (TPSA) is 59.8 Å². The van der Waals surface area contributed by atoms with Gasteiger partial charge in [-0.25, -0.2) is 9.97 Å². The van der Waals surface area contributed by atoms with Crippen molar-refractivity contribution < 1.29 is 4.79 Å². The van der Waals surface area contributed by atoms with E-state index in [1.165, 1.54) is 0 Å². The van der Waals surface area contributed by atoms with E-state index in [1.807, 2.05) is 39.2 Å². The quantitative estimate of drug-likeness (QED) is 0.941. The number of hydrogen-bond donors (Lipinski definition) is 1. The highest BCUT2D eigenvalue weighted by Gasteiger charge is 2.16. The van der Waals surface area contributed by atoms with Gasteiger partial charge in [0.15, 0.2) is 0 Å². The number of rotatable bonds is 4. The molecule has 108 valence electrons. The molecule has 2 aromatic heterocycles. The SMILES string of the molecule is Cc1nc([C@H](C)NC(=O)Cn2cnc(C)c2C)c(C)s1. The molecule has 2 rings (SSSR count). The van der Waals surface area contributed by atoms with Crippen LogP contribution in [0.25, 0.3) is 0 Å². The van der Waals surface area contributed by atoms with Gasteiger partial charge in [0.1, 0.15) is 6.54 Å². The Morgan fingerprint density at radius 2 is 2.10 bits per heavy atom. The first-order valence-electron chi connectivity index (χ1n) is 6.60. The van der Waals surface area contributed by atoms with E-state index in [1.54, 1.807) is 17.7 Å². The molecular weight excluding hydrogens is 272 g/mol. The smallest absolute Gasteiger partial charge is 0.240 e. The molecular formula is C14H20N4OS. The molecule has 1 amide bonds. The van der Waals surface area contributed by atoms with Gasteiger partial charge in [-0.1, -0.05) is 0 Å². The second-order valence-electron chi connectivity index (χ2n) is 5.01. The summed E-state index contributed by atoms with van der Waals surface area (Å²) in [5.74, 6) is -0.0250. The second kappa shape index (κ2) is 5.75. The Morgan fingerprint density at radius 1 is 1.40 bits per heavy atom. The number of amides is 1. The maximum atomic E-state index is 12.1. The molecule has 0 unspecified atom stereocenters. The van der Waals surface area contributed by atoms with Gasteiger partial charge in [0.2, 0.25) is 5.91 Å². The molecule has 0 radical (unpaired) electrons. The number of nitrogens with zero attached hydrogens (tertiary/aromatic N) is 3. The highest BCUT2D eigenvalue weighted by molar-refractivity contribution is 7.11. The normalized spacial score (nSPS) is 12.4. The van der Waals surface area contributed by atoms with E-state index >= 15 is 0 Å². The lowest BCUT2D eigenvalue weighted by atomic mass is 10.2. The number of carbonyl (C=O) groups excluding carboxylic acids is 1. The van der Waals surface area contributed by atoms with Crippen LogP contribution in [0.15, 0.2) is 6.33 Å². The summed E-state index contributed by atoms with van der Waals surface area (Å²) in [6.07, 6.45) is 1.70. The van der Waals surface area contributed by atoms with Crippen LogP contribution in [0.3, 0.4) is 0 Å². The second-order valence-corrected chi connectivity index (χ2v) is 6.41. The monoisotopic (exact) mass is 292 g/mol. The molecule has 0 aromatic carbocycles. The maximum absolute atomic E-state index is 12.1. The number of carbonyl (C=O) groups is 1. The molecule has 0 saturated heterocycles.